The summed E-state index contributed by atoms with van der Waals surface area (Å²) in [6, 6.07) is 0.628. The maximum Gasteiger partial charge on any atom is 0.0272 e. The zero-order valence-corrected chi connectivity index (χ0v) is 22.6. The lowest BCUT2D eigenvalue weighted by atomic mass is 10.0. The van der Waals surface area contributed by atoms with Gasteiger partial charge in [-0.3, -0.25) is 0 Å². The van der Waals surface area contributed by atoms with Gasteiger partial charge in [0.05, 0.1) is 0 Å². The maximum atomic E-state index is 2.47. The first-order chi connectivity index (χ1) is 15.7. The molecule has 0 saturated heterocycles. The minimum absolute atomic E-state index is 0.628. The molecule has 0 saturated carbocycles. The number of allylic oxidation sites excluding steroid dienone is 5. The lowest BCUT2D eigenvalue weighted by Crippen LogP contribution is -2.25. The fourth-order valence-corrected chi connectivity index (χ4v) is 4.16. The predicted molar refractivity (Wildman–Crippen MR) is 149 cm³/mol. The highest BCUT2D eigenvalue weighted by Gasteiger charge is 2.06. The molecule has 0 bridgehead atoms. The van der Waals surface area contributed by atoms with Crippen LogP contribution < -0.4 is 0 Å². The van der Waals surface area contributed by atoms with Crippen LogP contribution in [0.15, 0.2) is 36.5 Å². The second-order valence-electron chi connectivity index (χ2n) is 9.89. The monoisotopic (exact) mass is 445 g/mol. The molecule has 32 heavy (non-hydrogen) atoms. The number of unbranched alkanes of at least 4 members (excludes halogenated alkanes) is 15. The molecule has 0 aromatic carbocycles. The van der Waals surface area contributed by atoms with Crippen molar-refractivity contribution in [2.24, 2.45) is 0 Å². The summed E-state index contributed by atoms with van der Waals surface area (Å²) in [5.74, 6) is 0. The zero-order chi connectivity index (χ0) is 23.5. The molecular formula is C31H59N. The summed E-state index contributed by atoms with van der Waals surface area (Å²) in [4.78, 5) is 2.39. The van der Waals surface area contributed by atoms with Crippen LogP contribution in [0.4, 0.5) is 0 Å². The van der Waals surface area contributed by atoms with Gasteiger partial charge in [-0.05, 0) is 65.5 Å². The molecule has 0 amide bonds. The molecule has 1 atom stereocenters. The van der Waals surface area contributed by atoms with Crippen LogP contribution in [0.5, 0.6) is 0 Å². The van der Waals surface area contributed by atoms with Gasteiger partial charge in [0.2, 0.25) is 0 Å². The van der Waals surface area contributed by atoms with Crippen LogP contribution in [0, 0.1) is 0 Å². The van der Waals surface area contributed by atoms with Gasteiger partial charge in [0.25, 0.3) is 0 Å². The Labute approximate surface area is 203 Å². The fraction of sp³-hybridized carbons (Fsp3) is 0.806. The minimum atomic E-state index is 0.628. The lowest BCUT2D eigenvalue weighted by molar-refractivity contribution is 0.319. The Hall–Kier alpha value is -0.820. The molecule has 0 N–H and O–H groups in total. The molecule has 0 aliphatic heterocycles. The van der Waals surface area contributed by atoms with Crippen molar-refractivity contribution in [3.8, 4) is 0 Å². The van der Waals surface area contributed by atoms with Crippen molar-refractivity contribution in [3.63, 3.8) is 0 Å². The summed E-state index contributed by atoms with van der Waals surface area (Å²) in [5, 5.41) is 0. The second kappa shape index (κ2) is 26.4. The Balaban J connectivity index is 3.56. The van der Waals surface area contributed by atoms with E-state index in [9.17, 15) is 0 Å². The smallest absolute Gasteiger partial charge is 0.0272 e. The van der Waals surface area contributed by atoms with Crippen molar-refractivity contribution < 1.29 is 0 Å². The predicted octanol–water partition coefficient (Wildman–Crippen LogP) is 10.4. The van der Waals surface area contributed by atoms with Crippen molar-refractivity contribution in [2.45, 2.75) is 148 Å². The van der Waals surface area contributed by atoms with E-state index in [1.54, 1.807) is 0 Å². The first-order valence-corrected chi connectivity index (χ1v) is 14.3. The standard InChI is InChI=1S/C31H59N/c1-5-7-9-11-13-14-15-16-17-18-19-20-21-22-24-26-28-30-31(32(3)4)29-27-25-23-12-10-8-6-2/h13-14,16-17,28,30-31H,5-12,15,18-27,29H2,1-4H3/b14-13-,17-16?,30-28?. The Kier molecular flexibility index (Phi) is 25.8. The third kappa shape index (κ3) is 23.8. The van der Waals surface area contributed by atoms with Crippen LogP contribution in [-0.2, 0) is 0 Å². The third-order valence-corrected chi connectivity index (χ3v) is 6.45. The normalized spacial score (nSPS) is 13.4. The summed E-state index contributed by atoms with van der Waals surface area (Å²) in [6.45, 7) is 4.56. The highest BCUT2D eigenvalue weighted by Crippen LogP contribution is 2.14. The van der Waals surface area contributed by atoms with Crippen molar-refractivity contribution in [2.75, 3.05) is 14.1 Å². The molecule has 1 unspecified atom stereocenters. The summed E-state index contributed by atoms with van der Waals surface area (Å²) in [7, 11) is 4.46. The zero-order valence-electron chi connectivity index (χ0n) is 22.6. The van der Waals surface area contributed by atoms with Gasteiger partial charge in [-0.1, -0.05) is 127 Å². The van der Waals surface area contributed by atoms with E-state index in [1.807, 2.05) is 0 Å². The molecule has 1 heteroatoms. The molecule has 0 aliphatic rings. The molecule has 0 fully saturated rings. The molecule has 0 aliphatic carbocycles. The van der Waals surface area contributed by atoms with Crippen LogP contribution >= 0.6 is 0 Å². The van der Waals surface area contributed by atoms with Crippen molar-refractivity contribution in [1.82, 2.24) is 4.90 Å². The van der Waals surface area contributed by atoms with Crippen LogP contribution in [-0.4, -0.2) is 25.0 Å². The van der Waals surface area contributed by atoms with Gasteiger partial charge >= 0.3 is 0 Å². The fourth-order valence-electron chi connectivity index (χ4n) is 4.16. The topological polar surface area (TPSA) is 3.24 Å². The third-order valence-electron chi connectivity index (χ3n) is 6.45. The van der Waals surface area contributed by atoms with Gasteiger partial charge in [-0.2, -0.15) is 0 Å². The minimum Gasteiger partial charge on any atom is -0.303 e. The highest BCUT2D eigenvalue weighted by molar-refractivity contribution is 4.93. The Morgan fingerprint density at radius 3 is 1.50 bits per heavy atom. The molecule has 0 aromatic rings. The number of hydrogen-bond donors (Lipinski definition) is 0. The molecule has 0 heterocycles. The van der Waals surface area contributed by atoms with Crippen LogP contribution in [0.25, 0.3) is 0 Å². The average Bonchev–Trinajstić information content (AvgIpc) is 2.78. The van der Waals surface area contributed by atoms with Gasteiger partial charge in [-0.25, -0.2) is 0 Å². The van der Waals surface area contributed by atoms with E-state index in [0.717, 1.165) is 6.42 Å². The van der Waals surface area contributed by atoms with E-state index in [2.05, 4.69) is 69.3 Å². The van der Waals surface area contributed by atoms with Gasteiger partial charge in [-0.15, -0.1) is 0 Å². The molecule has 0 spiro atoms. The van der Waals surface area contributed by atoms with Crippen molar-refractivity contribution >= 4 is 0 Å². The van der Waals surface area contributed by atoms with Gasteiger partial charge < -0.3 is 4.90 Å². The number of rotatable bonds is 24. The molecule has 0 radical (unpaired) electrons. The number of nitrogens with zero attached hydrogens (tertiary/aromatic N) is 1. The Morgan fingerprint density at radius 1 is 0.500 bits per heavy atom. The van der Waals surface area contributed by atoms with E-state index in [-0.39, 0.29) is 0 Å². The molecular weight excluding hydrogens is 386 g/mol. The van der Waals surface area contributed by atoms with Crippen molar-refractivity contribution in [3.05, 3.63) is 36.5 Å². The maximum absolute atomic E-state index is 2.47. The van der Waals surface area contributed by atoms with Gasteiger partial charge in [0.15, 0.2) is 0 Å². The van der Waals surface area contributed by atoms with E-state index in [4.69, 9.17) is 0 Å². The summed E-state index contributed by atoms with van der Waals surface area (Å²) in [5.41, 5.74) is 0. The van der Waals surface area contributed by atoms with Crippen molar-refractivity contribution in [1.29, 1.82) is 0 Å². The molecule has 1 nitrogen and oxygen atoms in total. The van der Waals surface area contributed by atoms with Crippen LogP contribution in [0.2, 0.25) is 0 Å². The quantitative estimate of drug-likeness (QED) is 0.105. The first-order valence-electron chi connectivity index (χ1n) is 14.3. The van der Waals surface area contributed by atoms with E-state index in [0.29, 0.717) is 6.04 Å². The summed E-state index contributed by atoms with van der Waals surface area (Å²) in [6.07, 6.45) is 41.3. The Morgan fingerprint density at radius 2 is 0.938 bits per heavy atom. The average molecular weight is 446 g/mol. The van der Waals surface area contributed by atoms with Gasteiger partial charge in [0, 0.05) is 6.04 Å². The summed E-state index contributed by atoms with van der Waals surface area (Å²) >= 11 is 0. The number of likely N-dealkylation sites (N-methyl/N-ethyl adjacent to an activating group) is 1. The van der Waals surface area contributed by atoms with E-state index < -0.39 is 0 Å². The van der Waals surface area contributed by atoms with Crippen LogP contribution in [0.1, 0.15) is 142 Å². The number of hydrogen-bond acceptors (Lipinski definition) is 1. The van der Waals surface area contributed by atoms with Crippen LogP contribution in [0.3, 0.4) is 0 Å². The molecule has 0 aromatic heterocycles. The second-order valence-corrected chi connectivity index (χ2v) is 9.89. The summed E-state index contributed by atoms with van der Waals surface area (Å²) < 4.78 is 0. The highest BCUT2D eigenvalue weighted by atomic mass is 15.1. The molecule has 188 valence electrons. The first kappa shape index (κ1) is 31.2. The van der Waals surface area contributed by atoms with E-state index >= 15 is 0 Å². The van der Waals surface area contributed by atoms with E-state index in [1.165, 1.54) is 122 Å². The molecule has 0 rings (SSSR count). The Bertz CT molecular complexity index is 432. The SMILES string of the molecule is CCCCC/C=C\CC=CCCCCCCCC=CC(CCCCCCCCC)N(C)C. The van der Waals surface area contributed by atoms with Gasteiger partial charge in [0.1, 0.15) is 0 Å². The lowest BCUT2D eigenvalue weighted by Gasteiger charge is -2.21. The largest absolute Gasteiger partial charge is 0.303 e.